The third-order valence-electron chi connectivity index (χ3n) is 4.76. The first kappa shape index (κ1) is 20.7. The monoisotopic (exact) mass is 366 g/mol. The quantitative estimate of drug-likeness (QED) is 0.746. The summed E-state index contributed by atoms with van der Waals surface area (Å²) < 4.78 is 0. The van der Waals surface area contributed by atoms with E-state index in [1.54, 1.807) is 11.8 Å². The highest BCUT2D eigenvalue weighted by Crippen LogP contribution is 2.27. The van der Waals surface area contributed by atoms with Gasteiger partial charge in [-0.05, 0) is 36.0 Å². The van der Waals surface area contributed by atoms with Crippen molar-refractivity contribution in [2.45, 2.75) is 46.5 Å². The lowest BCUT2D eigenvalue weighted by Gasteiger charge is -2.21. The van der Waals surface area contributed by atoms with Crippen LogP contribution in [-0.4, -0.2) is 29.8 Å². The first-order chi connectivity index (χ1) is 12.9. The van der Waals surface area contributed by atoms with Crippen LogP contribution in [0.2, 0.25) is 0 Å². The van der Waals surface area contributed by atoms with Gasteiger partial charge in [0.15, 0.2) is 0 Å². The standard InChI is InChI=1S/C23H30N2O2/c1-17(2)21-12-8-9-18(3)23(21)24-22(27)14-16-25(19(4)26)15-13-20-10-6-5-7-11-20/h5-12,17H,13-16H2,1-4H3,(H,24,27). The molecule has 0 spiro atoms. The minimum atomic E-state index is -0.0582. The molecule has 0 aliphatic heterocycles. The zero-order valence-electron chi connectivity index (χ0n) is 16.8. The number of hydrogen-bond donors (Lipinski definition) is 1. The number of carbonyl (C=O) groups excluding carboxylic acids is 2. The van der Waals surface area contributed by atoms with Crippen LogP contribution < -0.4 is 5.32 Å². The number of hydrogen-bond acceptors (Lipinski definition) is 2. The number of anilines is 1. The number of benzene rings is 2. The molecular weight excluding hydrogens is 336 g/mol. The fourth-order valence-corrected chi connectivity index (χ4v) is 3.12. The summed E-state index contributed by atoms with van der Waals surface area (Å²) in [5.41, 5.74) is 4.28. The minimum absolute atomic E-state index is 0.00232. The molecule has 2 rings (SSSR count). The molecule has 2 amide bonds. The Hall–Kier alpha value is -2.62. The Bertz CT molecular complexity index is 769. The molecule has 0 atom stereocenters. The SMILES string of the molecule is CC(=O)N(CCC(=O)Nc1c(C)cccc1C(C)C)CCc1ccccc1. The van der Waals surface area contributed by atoms with Crippen molar-refractivity contribution in [1.82, 2.24) is 4.90 Å². The van der Waals surface area contributed by atoms with E-state index in [9.17, 15) is 9.59 Å². The van der Waals surface area contributed by atoms with Crippen LogP contribution in [0.15, 0.2) is 48.5 Å². The van der Waals surface area contributed by atoms with Crippen molar-refractivity contribution < 1.29 is 9.59 Å². The molecule has 0 aliphatic rings. The van der Waals surface area contributed by atoms with Gasteiger partial charge in [-0.15, -0.1) is 0 Å². The molecule has 0 aromatic heterocycles. The van der Waals surface area contributed by atoms with E-state index < -0.39 is 0 Å². The molecule has 144 valence electrons. The first-order valence-electron chi connectivity index (χ1n) is 9.57. The van der Waals surface area contributed by atoms with Crippen molar-refractivity contribution in [2.24, 2.45) is 0 Å². The second kappa shape index (κ2) is 9.91. The van der Waals surface area contributed by atoms with E-state index in [-0.39, 0.29) is 11.8 Å². The van der Waals surface area contributed by atoms with Gasteiger partial charge in [0.25, 0.3) is 0 Å². The van der Waals surface area contributed by atoms with Crippen LogP contribution in [0.5, 0.6) is 0 Å². The van der Waals surface area contributed by atoms with Gasteiger partial charge in [0.1, 0.15) is 0 Å². The fraction of sp³-hybridized carbons (Fsp3) is 0.391. The summed E-state index contributed by atoms with van der Waals surface area (Å²) in [5.74, 6) is 0.273. The molecule has 27 heavy (non-hydrogen) atoms. The average Bonchev–Trinajstić information content (AvgIpc) is 2.63. The maximum absolute atomic E-state index is 12.5. The highest BCUT2D eigenvalue weighted by atomic mass is 16.2. The van der Waals surface area contributed by atoms with Gasteiger partial charge in [0, 0.05) is 32.1 Å². The lowest BCUT2D eigenvalue weighted by atomic mass is 9.98. The maximum atomic E-state index is 12.5. The van der Waals surface area contributed by atoms with E-state index in [0.29, 0.717) is 25.4 Å². The summed E-state index contributed by atoms with van der Waals surface area (Å²) in [4.78, 5) is 26.2. The Balaban J connectivity index is 1.94. The second-order valence-electron chi connectivity index (χ2n) is 7.23. The predicted octanol–water partition coefficient (Wildman–Crippen LogP) is 4.54. The summed E-state index contributed by atoms with van der Waals surface area (Å²) in [6.07, 6.45) is 1.08. The third kappa shape index (κ3) is 6.24. The molecule has 2 aromatic carbocycles. The molecule has 0 radical (unpaired) electrons. The number of aryl methyl sites for hydroxylation is 1. The highest BCUT2D eigenvalue weighted by molar-refractivity contribution is 5.92. The number of carbonyl (C=O) groups is 2. The Morgan fingerprint density at radius 2 is 1.70 bits per heavy atom. The number of rotatable bonds is 8. The Labute approximate surface area is 162 Å². The lowest BCUT2D eigenvalue weighted by molar-refractivity contribution is -0.129. The van der Waals surface area contributed by atoms with E-state index in [1.165, 1.54) is 5.56 Å². The largest absolute Gasteiger partial charge is 0.342 e. The molecule has 1 N–H and O–H groups in total. The van der Waals surface area contributed by atoms with Crippen molar-refractivity contribution in [3.63, 3.8) is 0 Å². The molecule has 0 bridgehead atoms. The van der Waals surface area contributed by atoms with Crippen molar-refractivity contribution in [3.8, 4) is 0 Å². The van der Waals surface area contributed by atoms with E-state index in [1.807, 2.05) is 37.3 Å². The van der Waals surface area contributed by atoms with Crippen LogP contribution in [-0.2, 0) is 16.0 Å². The van der Waals surface area contributed by atoms with E-state index >= 15 is 0 Å². The van der Waals surface area contributed by atoms with Crippen LogP contribution >= 0.6 is 0 Å². The van der Waals surface area contributed by atoms with Crippen molar-refractivity contribution >= 4 is 17.5 Å². The molecule has 4 heteroatoms. The smallest absolute Gasteiger partial charge is 0.226 e. The molecule has 0 fully saturated rings. The van der Waals surface area contributed by atoms with Crippen LogP contribution in [0.4, 0.5) is 5.69 Å². The van der Waals surface area contributed by atoms with Gasteiger partial charge in [-0.25, -0.2) is 0 Å². The van der Waals surface area contributed by atoms with Gasteiger partial charge in [-0.3, -0.25) is 9.59 Å². The van der Waals surface area contributed by atoms with E-state index in [2.05, 4.69) is 37.4 Å². The molecule has 0 saturated heterocycles. The first-order valence-corrected chi connectivity index (χ1v) is 9.57. The third-order valence-corrected chi connectivity index (χ3v) is 4.76. The minimum Gasteiger partial charge on any atom is -0.342 e. The van der Waals surface area contributed by atoms with Crippen LogP contribution in [0.3, 0.4) is 0 Å². The number of nitrogens with zero attached hydrogens (tertiary/aromatic N) is 1. The van der Waals surface area contributed by atoms with Crippen molar-refractivity contribution in [3.05, 3.63) is 65.2 Å². The molecular formula is C23H30N2O2. The van der Waals surface area contributed by atoms with Crippen molar-refractivity contribution in [2.75, 3.05) is 18.4 Å². The zero-order chi connectivity index (χ0) is 19.8. The molecule has 0 aliphatic carbocycles. The topological polar surface area (TPSA) is 49.4 Å². The van der Waals surface area contributed by atoms with Gasteiger partial charge in [0.05, 0.1) is 0 Å². The molecule has 4 nitrogen and oxygen atoms in total. The fourth-order valence-electron chi connectivity index (χ4n) is 3.12. The van der Waals surface area contributed by atoms with E-state index in [4.69, 9.17) is 0 Å². The van der Waals surface area contributed by atoms with Gasteiger partial charge < -0.3 is 10.2 Å². The van der Waals surface area contributed by atoms with Gasteiger partial charge in [-0.2, -0.15) is 0 Å². The predicted molar refractivity (Wildman–Crippen MR) is 111 cm³/mol. The maximum Gasteiger partial charge on any atom is 0.226 e. The van der Waals surface area contributed by atoms with Gasteiger partial charge in [0.2, 0.25) is 11.8 Å². The molecule has 0 heterocycles. The summed E-state index contributed by atoms with van der Waals surface area (Å²) >= 11 is 0. The Kier molecular flexibility index (Phi) is 7.59. The van der Waals surface area contributed by atoms with Crippen LogP contribution in [0, 0.1) is 6.92 Å². The highest BCUT2D eigenvalue weighted by Gasteiger charge is 2.14. The number of para-hydroxylation sites is 1. The number of amides is 2. The molecule has 0 saturated carbocycles. The molecule has 2 aromatic rings. The average molecular weight is 367 g/mol. The number of nitrogens with one attached hydrogen (secondary N) is 1. The van der Waals surface area contributed by atoms with Crippen LogP contribution in [0.1, 0.15) is 49.8 Å². The summed E-state index contributed by atoms with van der Waals surface area (Å²) in [5, 5.41) is 3.05. The Morgan fingerprint density at radius 3 is 2.33 bits per heavy atom. The van der Waals surface area contributed by atoms with Gasteiger partial charge >= 0.3 is 0 Å². The van der Waals surface area contributed by atoms with Crippen molar-refractivity contribution in [1.29, 1.82) is 0 Å². The van der Waals surface area contributed by atoms with Crippen LogP contribution in [0.25, 0.3) is 0 Å². The lowest BCUT2D eigenvalue weighted by Crippen LogP contribution is -2.33. The zero-order valence-corrected chi connectivity index (χ0v) is 16.8. The summed E-state index contributed by atoms with van der Waals surface area (Å²) in [6, 6.07) is 16.1. The van der Waals surface area contributed by atoms with E-state index in [0.717, 1.165) is 23.2 Å². The van der Waals surface area contributed by atoms with Gasteiger partial charge in [-0.1, -0.05) is 62.4 Å². The summed E-state index contributed by atoms with van der Waals surface area (Å²) in [7, 11) is 0. The normalized spacial score (nSPS) is 10.7. The second-order valence-corrected chi connectivity index (χ2v) is 7.23. The Morgan fingerprint density at radius 1 is 1.00 bits per heavy atom. The molecule has 0 unspecified atom stereocenters. The summed E-state index contributed by atoms with van der Waals surface area (Å²) in [6.45, 7) is 8.84.